The van der Waals surface area contributed by atoms with Gasteiger partial charge in [-0.05, 0) is 30.5 Å². The van der Waals surface area contributed by atoms with E-state index >= 15 is 0 Å². The molecule has 6 nitrogen and oxygen atoms in total. The molecule has 0 radical (unpaired) electrons. The van der Waals surface area contributed by atoms with Gasteiger partial charge in [-0.25, -0.2) is 0 Å². The summed E-state index contributed by atoms with van der Waals surface area (Å²) in [6.45, 7) is 1.06. The Bertz CT molecular complexity index is 662. The van der Waals surface area contributed by atoms with E-state index in [0.29, 0.717) is 24.5 Å². The van der Waals surface area contributed by atoms with Crippen LogP contribution in [0.5, 0.6) is 0 Å². The number of rotatable bonds is 5. The molecule has 1 N–H and O–H groups in total. The van der Waals surface area contributed by atoms with Crippen molar-refractivity contribution in [3.8, 4) is 0 Å². The average Bonchev–Trinajstić information content (AvgIpc) is 2.74. The Morgan fingerprint density at radius 3 is 2.58 bits per heavy atom. The number of nitrogens with zero attached hydrogens (tertiary/aromatic N) is 2. The number of halogens is 1. The van der Waals surface area contributed by atoms with Crippen molar-refractivity contribution >= 4 is 27.7 Å². The van der Waals surface area contributed by atoms with Crippen LogP contribution in [-0.4, -0.2) is 56.8 Å². The molecule has 0 aromatic heterocycles. The first-order valence-corrected chi connectivity index (χ1v) is 9.82. The summed E-state index contributed by atoms with van der Waals surface area (Å²) in [7, 11) is -0.519. The molecule has 1 saturated heterocycles. The minimum atomic E-state index is -3.50. The Morgan fingerprint density at radius 1 is 1.29 bits per heavy atom. The molecule has 0 aliphatic carbocycles. The van der Waals surface area contributed by atoms with Crippen LogP contribution in [0, 0.1) is 0 Å². The smallest absolute Gasteiger partial charge is 0.279 e. The maximum absolute atomic E-state index is 12.6. The number of nitrogens with one attached hydrogen (secondary N) is 1. The highest BCUT2D eigenvalue weighted by Crippen LogP contribution is 2.15. The summed E-state index contributed by atoms with van der Waals surface area (Å²) in [5.41, 5.74) is 0.902. The largest absolute Gasteiger partial charge is 0.341 e. The lowest BCUT2D eigenvalue weighted by Gasteiger charge is -2.26. The Kier molecular flexibility index (Phi) is 6.62. The SMILES string of the molecule is CN(C)S(=O)(=O)N[C@H]1CCCCN(C(=O)Cc2ccc(Cl)cc2)C1. The highest BCUT2D eigenvalue weighted by molar-refractivity contribution is 7.87. The molecule has 24 heavy (non-hydrogen) atoms. The van der Waals surface area contributed by atoms with Gasteiger partial charge >= 0.3 is 0 Å². The second kappa shape index (κ2) is 8.29. The molecule has 1 amide bonds. The molecule has 1 fully saturated rings. The molecular formula is C16H24ClN3O3S. The minimum Gasteiger partial charge on any atom is -0.341 e. The molecule has 8 heteroatoms. The van der Waals surface area contributed by atoms with Crippen LogP contribution in [0.25, 0.3) is 0 Å². The van der Waals surface area contributed by atoms with Gasteiger partial charge in [0.2, 0.25) is 5.91 Å². The molecule has 1 aliphatic rings. The van der Waals surface area contributed by atoms with Crippen LogP contribution in [0.4, 0.5) is 0 Å². The van der Waals surface area contributed by atoms with Crippen LogP contribution < -0.4 is 4.72 Å². The fourth-order valence-corrected chi connectivity index (χ4v) is 3.62. The first kappa shape index (κ1) is 19.2. The third-order valence-electron chi connectivity index (χ3n) is 4.09. The zero-order valence-electron chi connectivity index (χ0n) is 14.0. The number of likely N-dealkylation sites (tertiary alicyclic amines) is 1. The van der Waals surface area contributed by atoms with Crippen LogP contribution in [0.1, 0.15) is 24.8 Å². The fraction of sp³-hybridized carbons (Fsp3) is 0.562. The number of hydrogen-bond donors (Lipinski definition) is 1. The van der Waals surface area contributed by atoms with Crippen LogP contribution in [0.3, 0.4) is 0 Å². The molecule has 1 aromatic rings. The van der Waals surface area contributed by atoms with Crippen LogP contribution in [-0.2, 0) is 21.4 Å². The summed E-state index contributed by atoms with van der Waals surface area (Å²) in [5.74, 6) is 0.00766. The van der Waals surface area contributed by atoms with Crippen LogP contribution >= 0.6 is 11.6 Å². The van der Waals surface area contributed by atoms with Crippen molar-refractivity contribution in [1.82, 2.24) is 13.9 Å². The predicted molar refractivity (Wildman–Crippen MR) is 95.1 cm³/mol. The maximum atomic E-state index is 12.6. The van der Waals surface area contributed by atoms with Crippen LogP contribution in [0.15, 0.2) is 24.3 Å². The van der Waals surface area contributed by atoms with Gasteiger partial charge < -0.3 is 4.90 Å². The molecule has 134 valence electrons. The standard InChI is InChI=1S/C16H24ClN3O3S/c1-19(2)24(22,23)18-15-5-3-4-10-20(12-15)16(21)11-13-6-8-14(17)9-7-13/h6-9,15,18H,3-5,10-12H2,1-2H3/t15-/m0/s1. The minimum absolute atomic E-state index is 0.00766. The van der Waals surface area contributed by atoms with Gasteiger partial charge in [0.15, 0.2) is 0 Å². The second-order valence-electron chi connectivity index (χ2n) is 6.24. The van der Waals surface area contributed by atoms with E-state index in [4.69, 9.17) is 11.6 Å². The summed E-state index contributed by atoms with van der Waals surface area (Å²) in [6.07, 6.45) is 2.81. The van der Waals surface area contributed by atoms with E-state index in [-0.39, 0.29) is 11.9 Å². The van der Waals surface area contributed by atoms with Crippen molar-refractivity contribution < 1.29 is 13.2 Å². The maximum Gasteiger partial charge on any atom is 0.279 e. The Labute approximate surface area is 149 Å². The van der Waals surface area contributed by atoms with Gasteiger partial charge in [0.1, 0.15) is 0 Å². The summed E-state index contributed by atoms with van der Waals surface area (Å²) >= 11 is 5.86. The topological polar surface area (TPSA) is 69.7 Å². The van der Waals surface area contributed by atoms with Crippen molar-refractivity contribution in [1.29, 1.82) is 0 Å². The van der Waals surface area contributed by atoms with E-state index in [0.717, 1.165) is 29.1 Å². The first-order chi connectivity index (χ1) is 11.3. The average molecular weight is 374 g/mol. The third kappa shape index (κ3) is 5.44. The first-order valence-electron chi connectivity index (χ1n) is 8.00. The van der Waals surface area contributed by atoms with Crippen LogP contribution in [0.2, 0.25) is 5.02 Å². The lowest BCUT2D eigenvalue weighted by atomic mass is 10.1. The second-order valence-corrected chi connectivity index (χ2v) is 8.59. The molecule has 2 rings (SSSR count). The Balaban J connectivity index is 2.00. The third-order valence-corrected chi connectivity index (χ3v) is 5.93. The van der Waals surface area contributed by atoms with Crippen molar-refractivity contribution in [2.45, 2.75) is 31.7 Å². The highest BCUT2D eigenvalue weighted by atomic mass is 35.5. The van der Waals surface area contributed by atoms with Gasteiger partial charge in [0, 0.05) is 38.2 Å². The van der Waals surface area contributed by atoms with Gasteiger partial charge in [0.25, 0.3) is 10.2 Å². The van der Waals surface area contributed by atoms with Gasteiger partial charge in [0.05, 0.1) is 6.42 Å². The number of hydrogen-bond acceptors (Lipinski definition) is 3. The number of carbonyl (C=O) groups excluding carboxylic acids is 1. The molecule has 1 atom stereocenters. The lowest BCUT2D eigenvalue weighted by molar-refractivity contribution is -0.130. The van der Waals surface area contributed by atoms with Crippen molar-refractivity contribution in [3.63, 3.8) is 0 Å². The summed E-state index contributed by atoms with van der Waals surface area (Å²) in [5, 5.41) is 0.638. The van der Waals surface area contributed by atoms with E-state index < -0.39 is 10.2 Å². The summed E-state index contributed by atoms with van der Waals surface area (Å²) in [6, 6.07) is 6.95. The molecule has 0 unspecified atom stereocenters. The Morgan fingerprint density at radius 2 is 1.96 bits per heavy atom. The summed E-state index contributed by atoms with van der Waals surface area (Å²) in [4.78, 5) is 14.3. The predicted octanol–water partition coefficient (Wildman–Crippen LogP) is 1.66. The van der Waals surface area contributed by atoms with Gasteiger partial charge in [-0.15, -0.1) is 0 Å². The summed E-state index contributed by atoms with van der Waals surface area (Å²) < 4.78 is 27.8. The molecule has 1 heterocycles. The molecule has 0 spiro atoms. The van der Waals surface area contributed by atoms with E-state index in [9.17, 15) is 13.2 Å². The molecule has 1 aromatic carbocycles. The molecule has 0 bridgehead atoms. The molecule has 0 saturated carbocycles. The normalized spacial score (nSPS) is 19.3. The molecular weight excluding hydrogens is 350 g/mol. The fourth-order valence-electron chi connectivity index (χ4n) is 2.67. The van der Waals surface area contributed by atoms with Crippen molar-refractivity contribution in [2.24, 2.45) is 0 Å². The van der Waals surface area contributed by atoms with Crippen molar-refractivity contribution in [3.05, 3.63) is 34.9 Å². The molecule has 1 aliphatic heterocycles. The van der Waals surface area contributed by atoms with Gasteiger partial charge in [-0.3, -0.25) is 4.79 Å². The zero-order chi connectivity index (χ0) is 17.7. The lowest BCUT2D eigenvalue weighted by Crippen LogP contribution is -2.48. The Hall–Kier alpha value is -1.15. The van der Waals surface area contributed by atoms with Crippen molar-refractivity contribution in [2.75, 3.05) is 27.2 Å². The number of amides is 1. The highest BCUT2D eigenvalue weighted by Gasteiger charge is 2.26. The van der Waals surface area contributed by atoms with E-state index in [1.807, 2.05) is 12.1 Å². The quantitative estimate of drug-likeness (QED) is 0.853. The monoisotopic (exact) mass is 373 g/mol. The van der Waals surface area contributed by atoms with E-state index in [2.05, 4.69) is 4.72 Å². The van der Waals surface area contributed by atoms with Gasteiger partial charge in [-0.1, -0.05) is 30.2 Å². The zero-order valence-corrected chi connectivity index (χ0v) is 15.6. The number of carbonyl (C=O) groups is 1. The van der Waals surface area contributed by atoms with E-state index in [1.54, 1.807) is 17.0 Å². The van der Waals surface area contributed by atoms with E-state index in [1.165, 1.54) is 14.1 Å². The number of benzene rings is 1. The van der Waals surface area contributed by atoms with Gasteiger partial charge in [-0.2, -0.15) is 17.4 Å².